The van der Waals surface area contributed by atoms with Gasteiger partial charge in [-0.15, -0.1) is 0 Å². The zero-order chi connectivity index (χ0) is 16.8. The van der Waals surface area contributed by atoms with Crippen LogP contribution in [0.3, 0.4) is 0 Å². The van der Waals surface area contributed by atoms with Crippen molar-refractivity contribution in [3.05, 3.63) is 48.0 Å². The molecule has 23 heavy (non-hydrogen) atoms. The van der Waals surface area contributed by atoms with E-state index in [1.165, 1.54) is 0 Å². The molecule has 0 aliphatic heterocycles. The maximum atomic E-state index is 12.4. The van der Waals surface area contributed by atoms with E-state index in [9.17, 15) is 4.79 Å². The molecule has 0 saturated carbocycles. The standard InChI is InChI=1S/C18H21NO4/c1-12-7-5-6-8-16(12)23-13(2)18(20)19-15-11-14(21-3)9-10-17(15)22-4/h5-11,13H,1-4H3,(H,19,20)/t13-/m0/s1. The quantitative estimate of drug-likeness (QED) is 0.887. The summed E-state index contributed by atoms with van der Waals surface area (Å²) in [6.07, 6.45) is -0.646. The lowest BCUT2D eigenvalue weighted by atomic mass is 10.2. The van der Waals surface area contributed by atoms with Crippen LogP contribution in [0.1, 0.15) is 12.5 Å². The van der Waals surface area contributed by atoms with Crippen molar-refractivity contribution in [2.75, 3.05) is 19.5 Å². The van der Waals surface area contributed by atoms with E-state index in [4.69, 9.17) is 14.2 Å². The van der Waals surface area contributed by atoms with E-state index in [1.54, 1.807) is 39.3 Å². The normalized spacial score (nSPS) is 11.5. The molecule has 2 aromatic rings. The number of amides is 1. The van der Waals surface area contributed by atoms with Gasteiger partial charge in [0.25, 0.3) is 5.91 Å². The van der Waals surface area contributed by atoms with E-state index < -0.39 is 6.10 Å². The Morgan fingerprint density at radius 2 is 1.78 bits per heavy atom. The minimum absolute atomic E-state index is 0.264. The van der Waals surface area contributed by atoms with E-state index in [0.717, 1.165) is 5.56 Å². The number of aryl methyl sites for hydroxylation is 1. The van der Waals surface area contributed by atoms with Crippen LogP contribution >= 0.6 is 0 Å². The van der Waals surface area contributed by atoms with Crippen LogP contribution in [0.25, 0.3) is 0 Å². The highest BCUT2D eigenvalue weighted by Crippen LogP contribution is 2.29. The predicted molar refractivity (Wildman–Crippen MR) is 89.4 cm³/mol. The molecule has 1 N–H and O–H groups in total. The van der Waals surface area contributed by atoms with E-state index in [1.807, 2.05) is 31.2 Å². The van der Waals surface area contributed by atoms with Crippen LogP contribution in [-0.4, -0.2) is 26.2 Å². The number of carbonyl (C=O) groups is 1. The fourth-order valence-corrected chi connectivity index (χ4v) is 2.08. The SMILES string of the molecule is COc1ccc(OC)c(NC(=O)[C@H](C)Oc2ccccc2C)c1. The first-order chi connectivity index (χ1) is 11.0. The van der Waals surface area contributed by atoms with Gasteiger partial charge in [0.1, 0.15) is 17.2 Å². The molecule has 2 rings (SSSR count). The van der Waals surface area contributed by atoms with Gasteiger partial charge in [0.05, 0.1) is 19.9 Å². The summed E-state index contributed by atoms with van der Waals surface area (Å²) < 4.78 is 16.1. The number of para-hydroxylation sites is 1. The van der Waals surface area contributed by atoms with Gasteiger partial charge < -0.3 is 19.5 Å². The van der Waals surface area contributed by atoms with Crippen LogP contribution in [0.2, 0.25) is 0 Å². The molecule has 0 saturated heterocycles. The molecular weight excluding hydrogens is 294 g/mol. The molecule has 1 amide bonds. The fraction of sp³-hybridized carbons (Fsp3) is 0.278. The maximum Gasteiger partial charge on any atom is 0.265 e. The van der Waals surface area contributed by atoms with Crippen LogP contribution in [0, 0.1) is 6.92 Å². The van der Waals surface area contributed by atoms with E-state index >= 15 is 0 Å². The van der Waals surface area contributed by atoms with Crippen molar-refractivity contribution in [2.45, 2.75) is 20.0 Å². The summed E-state index contributed by atoms with van der Waals surface area (Å²) >= 11 is 0. The highest BCUT2D eigenvalue weighted by molar-refractivity contribution is 5.95. The molecule has 122 valence electrons. The van der Waals surface area contributed by atoms with Crippen LogP contribution in [0.15, 0.2) is 42.5 Å². The second-order valence-electron chi connectivity index (χ2n) is 5.08. The van der Waals surface area contributed by atoms with Crippen molar-refractivity contribution < 1.29 is 19.0 Å². The van der Waals surface area contributed by atoms with Crippen molar-refractivity contribution >= 4 is 11.6 Å². The Hall–Kier alpha value is -2.69. The van der Waals surface area contributed by atoms with Crippen molar-refractivity contribution in [1.29, 1.82) is 0 Å². The zero-order valence-electron chi connectivity index (χ0n) is 13.8. The molecule has 0 radical (unpaired) electrons. The number of hydrogen-bond acceptors (Lipinski definition) is 4. The third kappa shape index (κ3) is 4.16. The average molecular weight is 315 g/mol. The van der Waals surface area contributed by atoms with Crippen LogP contribution in [0.5, 0.6) is 17.2 Å². The molecule has 0 bridgehead atoms. The second kappa shape index (κ2) is 7.54. The Balaban J connectivity index is 2.10. The summed E-state index contributed by atoms with van der Waals surface area (Å²) in [5.41, 5.74) is 1.52. The number of ether oxygens (including phenoxy) is 3. The first-order valence-electron chi connectivity index (χ1n) is 7.30. The van der Waals surface area contributed by atoms with Crippen LogP contribution in [-0.2, 0) is 4.79 Å². The fourth-order valence-electron chi connectivity index (χ4n) is 2.08. The molecule has 0 fully saturated rings. The lowest BCUT2D eigenvalue weighted by Crippen LogP contribution is -2.30. The van der Waals surface area contributed by atoms with Gasteiger partial charge in [0, 0.05) is 6.07 Å². The molecule has 0 aliphatic carbocycles. The number of nitrogens with one attached hydrogen (secondary N) is 1. The van der Waals surface area contributed by atoms with Crippen molar-refractivity contribution in [3.8, 4) is 17.2 Å². The van der Waals surface area contributed by atoms with Crippen LogP contribution in [0.4, 0.5) is 5.69 Å². The number of anilines is 1. The average Bonchev–Trinajstić information content (AvgIpc) is 2.56. The van der Waals surface area contributed by atoms with Gasteiger partial charge >= 0.3 is 0 Å². The monoisotopic (exact) mass is 315 g/mol. The Bertz CT molecular complexity index is 684. The summed E-state index contributed by atoms with van der Waals surface area (Å²) in [4.78, 5) is 12.4. The highest BCUT2D eigenvalue weighted by Gasteiger charge is 2.17. The lowest BCUT2D eigenvalue weighted by Gasteiger charge is -2.17. The molecule has 0 aliphatic rings. The first-order valence-corrected chi connectivity index (χ1v) is 7.30. The molecular formula is C18H21NO4. The second-order valence-corrected chi connectivity index (χ2v) is 5.08. The summed E-state index contributed by atoms with van der Waals surface area (Å²) in [7, 11) is 3.11. The van der Waals surface area contributed by atoms with Gasteiger partial charge in [-0.3, -0.25) is 4.79 Å². The van der Waals surface area contributed by atoms with Gasteiger partial charge in [-0.1, -0.05) is 18.2 Å². The van der Waals surface area contributed by atoms with E-state index in [2.05, 4.69) is 5.32 Å². The Kier molecular flexibility index (Phi) is 5.46. The Morgan fingerprint density at radius 1 is 1.04 bits per heavy atom. The smallest absolute Gasteiger partial charge is 0.265 e. The Morgan fingerprint density at radius 3 is 2.43 bits per heavy atom. The number of methoxy groups -OCH3 is 2. The molecule has 1 atom stereocenters. The van der Waals surface area contributed by atoms with Crippen molar-refractivity contribution in [3.63, 3.8) is 0 Å². The van der Waals surface area contributed by atoms with E-state index in [-0.39, 0.29) is 5.91 Å². The lowest BCUT2D eigenvalue weighted by molar-refractivity contribution is -0.122. The highest BCUT2D eigenvalue weighted by atomic mass is 16.5. The largest absolute Gasteiger partial charge is 0.497 e. The molecule has 5 heteroatoms. The number of hydrogen-bond donors (Lipinski definition) is 1. The summed E-state index contributed by atoms with van der Waals surface area (Å²) in [5.74, 6) is 1.61. The topological polar surface area (TPSA) is 56.8 Å². The van der Waals surface area contributed by atoms with Gasteiger partial charge in [-0.05, 0) is 37.6 Å². The van der Waals surface area contributed by atoms with Gasteiger partial charge in [0.2, 0.25) is 0 Å². The molecule has 0 spiro atoms. The summed E-state index contributed by atoms with van der Waals surface area (Å²) in [6, 6.07) is 12.8. The minimum atomic E-state index is -0.646. The zero-order valence-corrected chi connectivity index (χ0v) is 13.8. The third-order valence-corrected chi connectivity index (χ3v) is 3.43. The number of carbonyl (C=O) groups excluding carboxylic acids is 1. The molecule has 0 aromatic heterocycles. The molecule has 5 nitrogen and oxygen atoms in total. The first kappa shape index (κ1) is 16.7. The molecule has 2 aromatic carbocycles. The summed E-state index contributed by atoms with van der Waals surface area (Å²) in [5, 5.41) is 2.81. The van der Waals surface area contributed by atoms with Crippen molar-refractivity contribution in [1.82, 2.24) is 0 Å². The molecule has 0 heterocycles. The van der Waals surface area contributed by atoms with Gasteiger partial charge in [-0.2, -0.15) is 0 Å². The number of rotatable bonds is 6. The Labute approximate surface area is 136 Å². The predicted octanol–water partition coefficient (Wildman–Crippen LogP) is 3.42. The minimum Gasteiger partial charge on any atom is -0.497 e. The van der Waals surface area contributed by atoms with Gasteiger partial charge in [0.15, 0.2) is 6.10 Å². The van der Waals surface area contributed by atoms with E-state index in [0.29, 0.717) is 22.9 Å². The third-order valence-electron chi connectivity index (χ3n) is 3.43. The molecule has 0 unspecified atom stereocenters. The van der Waals surface area contributed by atoms with Crippen LogP contribution < -0.4 is 19.5 Å². The van der Waals surface area contributed by atoms with Gasteiger partial charge in [-0.25, -0.2) is 0 Å². The van der Waals surface area contributed by atoms with Crippen molar-refractivity contribution in [2.24, 2.45) is 0 Å². The number of benzene rings is 2. The summed E-state index contributed by atoms with van der Waals surface area (Å²) in [6.45, 7) is 3.64. The maximum absolute atomic E-state index is 12.4.